The summed E-state index contributed by atoms with van der Waals surface area (Å²) in [7, 11) is -3.59. The van der Waals surface area contributed by atoms with Gasteiger partial charge in [0, 0.05) is 12.1 Å². The van der Waals surface area contributed by atoms with Crippen molar-refractivity contribution >= 4 is 15.9 Å². The van der Waals surface area contributed by atoms with E-state index in [-0.39, 0.29) is 16.8 Å². The van der Waals surface area contributed by atoms with Gasteiger partial charge in [0.05, 0.1) is 10.9 Å². The van der Waals surface area contributed by atoms with Gasteiger partial charge in [-0.05, 0) is 37.1 Å². The average Bonchev–Trinajstić information content (AvgIpc) is 2.55. The maximum atomic E-state index is 12.6. The summed E-state index contributed by atoms with van der Waals surface area (Å²) in [4.78, 5) is 12.7. The van der Waals surface area contributed by atoms with Crippen molar-refractivity contribution in [2.24, 2.45) is 0 Å². The number of rotatable bonds is 6. The Bertz CT molecular complexity index is 817. The summed E-state index contributed by atoms with van der Waals surface area (Å²) in [5.41, 5.74) is 2.07. The molecule has 1 unspecified atom stereocenters. The Hall–Kier alpha value is -2.18. The zero-order valence-corrected chi connectivity index (χ0v) is 14.9. The van der Waals surface area contributed by atoms with Gasteiger partial charge in [-0.1, -0.05) is 43.3 Å². The van der Waals surface area contributed by atoms with E-state index in [1.54, 1.807) is 19.9 Å². The van der Waals surface area contributed by atoms with Crippen LogP contribution in [0.5, 0.6) is 0 Å². The minimum absolute atomic E-state index is 0.0902. The molecule has 0 heterocycles. The minimum atomic E-state index is -3.59. The van der Waals surface area contributed by atoms with Crippen molar-refractivity contribution in [2.45, 2.75) is 31.7 Å². The van der Waals surface area contributed by atoms with Crippen molar-refractivity contribution in [2.75, 3.05) is 6.54 Å². The lowest BCUT2D eigenvalue weighted by molar-refractivity contribution is 0.0939. The van der Waals surface area contributed by atoms with Gasteiger partial charge >= 0.3 is 0 Å². The summed E-state index contributed by atoms with van der Waals surface area (Å²) >= 11 is 0. The van der Waals surface area contributed by atoms with E-state index in [1.807, 2.05) is 37.3 Å². The Kier molecular flexibility index (Phi) is 5.75. The Morgan fingerprint density at radius 3 is 2.42 bits per heavy atom. The van der Waals surface area contributed by atoms with Crippen LogP contribution < -0.4 is 10.0 Å². The minimum Gasteiger partial charge on any atom is -0.346 e. The van der Waals surface area contributed by atoms with Crippen molar-refractivity contribution < 1.29 is 13.2 Å². The first kappa shape index (κ1) is 18.2. The smallest absolute Gasteiger partial charge is 0.252 e. The number of hydrogen-bond acceptors (Lipinski definition) is 3. The third-order valence-electron chi connectivity index (χ3n) is 3.75. The van der Waals surface area contributed by atoms with Crippen LogP contribution in [0.4, 0.5) is 0 Å². The molecule has 0 fully saturated rings. The molecule has 5 nitrogen and oxygen atoms in total. The van der Waals surface area contributed by atoms with Crippen LogP contribution in [-0.4, -0.2) is 20.9 Å². The number of carbonyl (C=O) groups excluding carboxylic acids is 1. The van der Waals surface area contributed by atoms with E-state index in [9.17, 15) is 13.2 Å². The van der Waals surface area contributed by atoms with Gasteiger partial charge in [0.2, 0.25) is 10.0 Å². The first-order valence-corrected chi connectivity index (χ1v) is 9.29. The Labute approximate surface area is 143 Å². The molecule has 1 amide bonds. The Balaban J connectivity index is 2.26. The summed E-state index contributed by atoms with van der Waals surface area (Å²) in [5.74, 6) is -0.294. The topological polar surface area (TPSA) is 75.3 Å². The molecule has 2 aromatic carbocycles. The second-order valence-corrected chi connectivity index (χ2v) is 7.35. The molecule has 24 heavy (non-hydrogen) atoms. The molecule has 0 spiro atoms. The number of aryl methyl sites for hydroxylation is 1. The van der Waals surface area contributed by atoms with E-state index in [0.717, 1.165) is 11.1 Å². The summed E-state index contributed by atoms with van der Waals surface area (Å²) in [5, 5.41) is 2.91. The molecule has 2 rings (SSSR count). The van der Waals surface area contributed by atoms with Gasteiger partial charge in [0.1, 0.15) is 0 Å². The van der Waals surface area contributed by atoms with Gasteiger partial charge in [0.15, 0.2) is 0 Å². The third kappa shape index (κ3) is 4.21. The monoisotopic (exact) mass is 346 g/mol. The van der Waals surface area contributed by atoms with E-state index in [4.69, 9.17) is 0 Å². The largest absolute Gasteiger partial charge is 0.346 e. The third-order valence-corrected chi connectivity index (χ3v) is 5.29. The zero-order chi connectivity index (χ0) is 17.7. The van der Waals surface area contributed by atoms with Gasteiger partial charge in [0.25, 0.3) is 5.91 Å². The molecular formula is C18H22N2O3S. The number of carbonyl (C=O) groups is 1. The highest BCUT2D eigenvalue weighted by Crippen LogP contribution is 2.18. The van der Waals surface area contributed by atoms with E-state index in [2.05, 4.69) is 10.0 Å². The molecule has 2 aromatic rings. The van der Waals surface area contributed by atoms with Crippen LogP contribution >= 0.6 is 0 Å². The number of nitrogens with one attached hydrogen (secondary N) is 2. The van der Waals surface area contributed by atoms with Gasteiger partial charge in [-0.2, -0.15) is 0 Å². The fraction of sp³-hybridized carbons (Fsp3) is 0.278. The number of sulfonamides is 1. The number of amides is 1. The first-order chi connectivity index (χ1) is 11.3. The fourth-order valence-electron chi connectivity index (χ4n) is 2.39. The van der Waals surface area contributed by atoms with Crippen molar-refractivity contribution in [3.63, 3.8) is 0 Å². The maximum absolute atomic E-state index is 12.6. The van der Waals surface area contributed by atoms with Crippen LogP contribution in [0.3, 0.4) is 0 Å². The molecule has 128 valence electrons. The van der Waals surface area contributed by atoms with Crippen LogP contribution in [-0.2, 0) is 10.0 Å². The van der Waals surface area contributed by atoms with Crippen LogP contribution in [0.2, 0.25) is 0 Å². The second-order valence-electron chi connectivity index (χ2n) is 5.58. The zero-order valence-electron chi connectivity index (χ0n) is 14.0. The number of benzene rings is 2. The average molecular weight is 346 g/mol. The Morgan fingerprint density at radius 1 is 1.12 bits per heavy atom. The molecule has 0 aliphatic heterocycles. The van der Waals surface area contributed by atoms with Crippen molar-refractivity contribution in [1.82, 2.24) is 10.0 Å². The summed E-state index contributed by atoms with van der Waals surface area (Å²) in [6.45, 7) is 5.68. The fourth-order valence-corrected chi connectivity index (χ4v) is 3.45. The standard InChI is InChI=1S/C18H22N2O3S/c1-4-19-24(22,23)16-11-10-13(2)17(12-16)18(21)20-14(3)15-8-6-5-7-9-15/h5-12,14,19H,4H2,1-3H3,(H,20,21). The van der Waals surface area contributed by atoms with Crippen molar-refractivity contribution in [1.29, 1.82) is 0 Å². The molecule has 0 aromatic heterocycles. The highest BCUT2D eigenvalue weighted by Gasteiger charge is 2.18. The molecule has 0 saturated heterocycles. The normalized spacial score (nSPS) is 12.6. The van der Waals surface area contributed by atoms with E-state index < -0.39 is 10.0 Å². The Morgan fingerprint density at radius 2 is 1.79 bits per heavy atom. The lowest BCUT2D eigenvalue weighted by Crippen LogP contribution is -2.28. The van der Waals surface area contributed by atoms with Crippen LogP contribution in [0.1, 0.15) is 41.4 Å². The quantitative estimate of drug-likeness (QED) is 0.844. The van der Waals surface area contributed by atoms with Crippen LogP contribution in [0, 0.1) is 6.92 Å². The molecule has 6 heteroatoms. The van der Waals surface area contributed by atoms with Gasteiger partial charge in [-0.15, -0.1) is 0 Å². The van der Waals surface area contributed by atoms with E-state index >= 15 is 0 Å². The van der Waals surface area contributed by atoms with E-state index in [0.29, 0.717) is 12.1 Å². The molecular weight excluding hydrogens is 324 g/mol. The predicted molar refractivity (Wildman–Crippen MR) is 94.4 cm³/mol. The summed E-state index contributed by atoms with van der Waals surface area (Å²) < 4.78 is 26.7. The van der Waals surface area contributed by atoms with Crippen molar-refractivity contribution in [3.05, 3.63) is 65.2 Å². The molecule has 0 aliphatic carbocycles. The lowest BCUT2D eigenvalue weighted by atomic mass is 10.1. The van der Waals surface area contributed by atoms with Crippen LogP contribution in [0.25, 0.3) is 0 Å². The number of hydrogen-bond donors (Lipinski definition) is 2. The molecule has 0 bridgehead atoms. The molecule has 2 N–H and O–H groups in total. The van der Waals surface area contributed by atoms with Gasteiger partial charge in [-0.3, -0.25) is 4.79 Å². The van der Waals surface area contributed by atoms with Gasteiger partial charge in [-0.25, -0.2) is 13.1 Å². The first-order valence-electron chi connectivity index (χ1n) is 7.81. The highest BCUT2D eigenvalue weighted by molar-refractivity contribution is 7.89. The lowest BCUT2D eigenvalue weighted by Gasteiger charge is -2.16. The molecule has 1 atom stereocenters. The predicted octanol–water partition coefficient (Wildman–Crippen LogP) is 2.78. The SMILES string of the molecule is CCNS(=O)(=O)c1ccc(C)c(C(=O)NC(C)c2ccccc2)c1. The molecule has 0 aliphatic rings. The van der Waals surface area contributed by atoms with Gasteiger partial charge < -0.3 is 5.32 Å². The van der Waals surface area contributed by atoms with Crippen molar-refractivity contribution in [3.8, 4) is 0 Å². The molecule has 0 radical (unpaired) electrons. The van der Waals surface area contributed by atoms with E-state index in [1.165, 1.54) is 12.1 Å². The second kappa shape index (κ2) is 7.59. The summed E-state index contributed by atoms with van der Waals surface area (Å²) in [6.07, 6.45) is 0. The summed E-state index contributed by atoms with van der Waals surface area (Å²) in [6, 6.07) is 14.0. The van der Waals surface area contributed by atoms with Crippen LogP contribution in [0.15, 0.2) is 53.4 Å². The highest BCUT2D eigenvalue weighted by atomic mass is 32.2. The molecule has 0 saturated carbocycles. The maximum Gasteiger partial charge on any atom is 0.252 e.